The number of likely N-dealkylation sites (N-methyl/N-ethyl adjacent to an activating group) is 1. The van der Waals surface area contributed by atoms with E-state index in [9.17, 15) is 19.8 Å². The van der Waals surface area contributed by atoms with E-state index in [0.29, 0.717) is 10.9 Å². The van der Waals surface area contributed by atoms with Crippen molar-refractivity contribution in [2.24, 2.45) is 0 Å². The second-order valence-corrected chi connectivity index (χ2v) is 6.79. The number of hydrogen-bond donors (Lipinski definition) is 1. The summed E-state index contributed by atoms with van der Waals surface area (Å²) >= 11 is 0. The SMILES string of the molecule is C[N+](C)(C)CC(O)(CC(=O)[O-])C(=O)CCCc1ccccc1. The maximum atomic E-state index is 12.3. The van der Waals surface area contributed by atoms with E-state index in [0.717, 1.165) is 12.0 Å². The minimum absolute atomic E-state index is 0.0468. The maximum absolute atomic E-state index is 12.3. The molecule has 0 bridgehead atoms. The number of carboxylic acid groups (broad SMARTS) is 1. The van der Waals surface area contributed by atoms with Crippen molar-refractivity contribution >= 4 is 11.8 Å². The van der Waals surface area contributed by atoms with Crippen LogP contribution in [0, 0.1) is 0 Å². The van der Waals surface area contributed by atoms with Crippen LogP contribution in [0.5, 0.6) is 0 Å². The first-order valence-corrected chi connectivity index (χ1v) is 7.42. The average Bonchev–Trinajstić information content (AvgIpc) is 2.36. The van der Waals surface area contributed by atoms with Crippen molar-refractivity contribution in [1.82, 2.24) is 0 Å². The Labute approximate surface area is 131 Å². The van der Waals surface area contributed by atoms with Crippen LogP contribution in [0.1, 0.15) is 24.8 Å². The van der Waals surface area contributed by atoms with Crippen molar-refractivity contribution in [1.29, 1.82) is 0 Å². The zero-order valence-corrected chi connectivity index (χ0v) is 13.5. The van der Waals surface area contributed by atoms with E-state index in [4.69, 9.17) is 0 Å². The van der Waals surface area contributed by atoms with Gasteiger partial charge in [0.25, 0.3) is 0 Å². The maximum Gasteiger partial charge on any atom is 0.177 e. The molecule has 0 aliphatic heterocycles. The molecular weight excluding hydrogens is 282 g/mol. The number of carboxylic acids is 1. The first kappa shape index (κ1) is 18.3. The van der Waals surface area contributed by atoms with Crippen molar-refractivity contribution in [3.8, 4) is 0 Å². The molecule has 1 N–H and O–H groups in total. The predicted octanol–water partition coefficient (Wildman–Crippen LogP) is 0.156. The molecular formula is C17H25NO4. The van der Waals surface area contributed by atoms with Crippen molar-refractivity contribution in [2.45, 2.75) is 31.3 Å². The van der Waals surface area contributed by atoms with Gasteiger partial charge in [-0.3, -0.25) is 4.79 Å². The van der Waals surface area contributed by atoms with Crippen LogP contribution in [0.3, 0.4) is 0 Å². The highest BCUT2D eigenvalue weighted by Gasteiger charge is 2.40. The fourth-order valence-electron chi connectivity index (χ4n) is 2.60. The first-order chi connectivity index (χ1) is 10.1. The lowest BCUT2D eigenvalue weighted by atomic mass is 9.89. The number of aliphatic carboxylic acids is 1. The van der Waals surface area contributed by atoms with E-state index in [1.165, 1.54) is 0 Å². The summed E-state index contributed by atoms with van der Waals surface area (Å²) < 4.78 is 0.300. The number of rotatable bonds is 9. The Morgan fingerprint density at radius 2 is 1.77 bits per heavy atom. The van der Waals surface area contributed by atoms with Crippen molar-refractivity contribution in [3.63, 3.8) is 0 Å². The number of hydrogen-bond acceptors (Lipinski definition) is 4. The third-order valence-electron chi connectivity index (χ3n) is 3.40. The summed E-state index contributed by atoms with van der Waals surface area (Å²) in [5.74, 6) is -1.84. The van der Waals surface area contributed by atoms with Crippen LogP contribution >= 0.6 is 0 Å². The normalized spacial score (nSPS) is 14.4. The predicted molar refractivity (Wildman–Crippen MR) is 81.9 cm³/mol. The van der Waals surface area contributed by atoms with E-state index in [-0.39, 0.29) is 13.0 Å². The van der Waals surface area contributed by atoms with Gasteiger partial charge in [0, 0.05) is 18.8 Å². The van der Waals surface area contributed by atoms with Gasteiger partial charge in [0.2, 0.25) is 0 Å². The topological polar surface area (TPSA) is 77.4 Å². The lowest BCUT2D eigenvalue weighted by molar-refractivity contribution is -0.875. The summed E-state index contributed by atoms with van der Waals surface area (Å²) in [6.07, 6.45) is 0.791. The molecule has 122 valence electrons. The zero-order valence-electron chi connectivity index (χ0n) is 13.5. The highest BCUT2D eigenvalue weighted by molar-refractivity contribution is 5.90. The van der Waals surface area contributed by atoms with E-state index in [1.54, 1.807) is 21.1 Å². The lowest BCUT2D eigenvalue weighted by Crippen LogP contribution is -2.56. The second-order valence-electron chi connectivity index (χ2n) is 6.79. The fraction of sp³-hybridized carbons (Fsp3) is 0.529. The molecule has 1 aromatic rings. The molecule has 1 rings (SSSR count). The summed E-state index contributed by atoms with van der Waals surface area (Å²) in [5, 5.41) is 21.4. The molecule has 22 heavy (non-hydrogen) atoms. The molecule has 1 atom stereocenters. The number of Topliss-reactive ketones (excluding diaryl/α,β-unsaturated/α-hetero) is 1. The molecule has 0 radical (unpaired) electrons. The number of quaternary nitrogens is 1. The van der Waals surface area contributed by atoms with Crippen LogP contribution in [0.25, 0.3) is 0 Å². The lowest BCUT2D eigenvalue weighted by Gasteiger charge is -2.34. The smallest absolute Gasteiger partial charge is 0.177 e. The minimum atomic E-state index is -1.87. The van der Waals surface area contributed by atoms with Gasteiger partial charge in [-0.25, -0.2) is 0 Å². The molecule has 0 saturated carbocycles. The van der Waals surface area contributed by atoms with E-state index in [1.807, 2.05) is 30.3 Å². The molecule has 0 spiro atoms. The summed E-state index contributed by atoms with van der Waals surface area (Å²) in [6.45, 7) is 0.0468. The zero-order chi connectivity index (χ0) is 16.8. The van der Waals surface area contributed by atoms with Gasteiger partial charge < -0.3 is 19.5 Å². The van der Waals surface area contributed by atoms with Gasteiger partial charge in [-0.2, -0.15) is 0 Å². The molecule has 1 unspecified atom stereocenters. The quantitative estimate of drug-likeness (QED) is 0.659. The molecule has 5 nitrogen and oxygen atoms in total. The second kappa shape index (κ2) is 7.51. The van der Waals surface area contributed by atoms with Gasteiger partial charge >= 0.3 is 0 Å². The van der Waals surface area contributed by atoms with Crippen molar-refractivity contribution in [2.75, 3.05) is 27.7 Å². The summed E-state index contributed by atoms with van der Waals surface area (Å²) in [4.78, 5) is 23.2. The van der Waals surface area contributed by atoms with Crippen LogP contribution in [0.4, 0.5) is 0 Å². The third-order valence-corrected chi connectivity index (χ3v) is 3.40. The molecule has 0 aliphatic carbocycles. The first-order valence-electron chi connectivity index (χ1n) is 7.42. The fourth-order valence-corrected chi connectivity index (χ4v) is 2.60. The standard InChI is InChI=1S/C17H25NO4/c1-18(2,3)13-17(22,12-16(20)21)15(19)11-7-10-14-8-5-4-6-9-14/h4-6,8-9,22H,7,10-13H2,1-3H3. The molecule has 0 aromatic heterocycles. The Morgan fingerprint density at radius 3 is 2.27 bits per heavy atom. The Hall–Kier alpha value is -1.72. The van der Waals surface area contributed by atoms with E-state index in [2.05, 4.69) is 0 Å². The molecule has 0 heterocycles. The summed E-state index contributed by atoms with van der Waals surface area (Å²) in [7, 11) is 5.41. The summed E-state index contributed by atoms with van der Waals surface area (Å²) in [5.41, 5.74) is -0.751. The van der Waals surface area contributed by atoms with Crippen LogP contribution in [0.2, 0.25) is 0 Å². The molecule has 0 amide bonds. The number of ketones is 1. The van der Waals surface area contributed by atoms with Crippen molar-refractivity contribution in [3.05, 3.63) is 35.9 Å². The molecule has 0 fully saturated rings. The Morgan fingerprint density at radius 1 is 1.18 bits per heavy atom. The largest absolute Gasteiger partial charge is 0.550 e. The van der Waals surface area contributed by atoms with Gasteiger partial charge in [0.1, 0.15) is 6.54 Å². The van der Waals surface area contributed by atoms with Crippen LogP contribution in [-0.4, -0.2) is 54.6 Å². The van der Waals surface area contributed by atoms with Crippen LogP contribution in [0.15, 0.2) is 30.3 Å². The van der Waals surface area contributed by atoms with Gasteiger partial charge in [-0.05, 0) is 18.4 Å². The Kier molecular flexibility index (Phi) is 6.26. The van der Waals surface area contributed by atoms with E-state index >= 15 is 0 Å². The van der Waals surface area contributed by atoms with Crippen molar-refractivity contribution < 1.29 is 24.3 Å². The van der Waals surface area contributed by atoms with Crippen LogP contribution in [-0.2, 0) is 16.0 Å². The number of carbonyl (C=O) groups excluding carboxylic acids is 2. The van der Waals surface area contributed by atoms with Gasteiger partial charge in [-0.15, -0.1) is 0 Å². The monoisotopic (exact) mass is 307 g/mol. The molecule has 1 aromatic carbocycles. The Balaban J connectivity index is 2.65. The number of aliphatic hydroxyl groups is 1. The van der Waals surface area contributed by atoms with E-state index < -0.39 is 23.8 Å². The Bertz CT molecular complexity index is 507. The number of aryl methyl sites for hydroxylation is 1. The van der Waals surface area contributed by atoms with Crippen LogP contribution < -0.4 is 5.11 Å². The molecule has 0 saturated heterocycles. The highest BCUT2D eigenvalue weighted by Crippen LogP contribution is 2.19. The molecule has 0 aliphatic rings. The third kappa shape index (κ3) is 6.37. The highest BCUT2D eigenvalue weighted by atomic mass is 16.4. The van der Waals surface area contributed by atoms with Gasteiger partial charge in [-0.1, -0.05) is 30.3 Å². The average molecular weight is 307 g/mol. The minimum Gasteiger partial charge on any atom is -0.550 e. The van der Waals surface area contributed by atoms with Gasteiger partial charge in [0.05, 0.1) is 21.1 Å². The number of benzene rings is 1. The summed E-state index contributed by atoms with van der Waals surface area (Å²) in [6, 6.07) is 9.74. The van der Waals surface area contributed by atoms with Gasteiger partial charge in [0.15, 0.2) is 11.4 Å². The number of carbonyl (C=O) groups is 2. The molecule has 5 heteroatoms. The number of nitrogens with zero attached hydrogens (tertiary/aromatic N) is 1.